The number of hydrogen-bond acceptors (Lipinski definition) is 4. The quantitative estimate of drug-likeness (QED) is 0.197. The fourth-order valence-electron chi connectivity index (χ4n) is 7.26. The molecule has 0 saturated heterocycles. The van der Waals surface area contributed by atoms with E-state index in [1.165, 1.54) is 37.9 Å². The van der Waals surface area contributed by atoms with E-state index in [9.17, 15) is 0 Å². The third kappa shape index (κ3) is 4.68. The van der Waals surface area contributed by atoms with Crippen molar-refractivity contribution in [1.82, 2.24) is 5.32 Å². The fourth-order valence-corrected chi connectivity index (χ4v) is 7.26. The predicted octanol–water partition coefficient (Wildman–Crippen LogP) is 11.2. The molecule has 0 bridgehead atoms. The molecule has 8 aromatic carbocycles. The van der Waals surface area contributed by atoms with E-state index in [4.69, 9.17) is 14.4 Å². The van der Waals surface area contributed by atoms with E-state index < -0.39 is 6.17 Å². The Bertz CT molecular complexity index is 2810. The fraction of sp³-hybridized carbons (Fsp3) is 0.0222. The first-order valence-electron chi connectivity index (χ1n) is 16.6. The third-order valence-corrected chi connectivity index (χ3v) is 9.70. The van der Waals surface area contributed by atoms with Crippen LogP contribution in [0.15, 0.2) is 178 Å². The van der Waals surface area contributed by atoms with Crippen LogP contribution in [0, 0.1) is 0 Å². The molecule has 1 unspecified atom stereocenters. The maximum atomic E-state index is 6.43. The Labute approximate surface area is 282 Å². The van der Waals surface area contributed by atoms with Crippen molar-refractivity contribution in [3.8, 4) is 11.1 Å². The van der Waals surface area contributed by atoms with Gasteiger partial charge in [-0.2, -0.15) is 0 Å². The molecule has 1 N–H and O–H groups in total. The molecule has 230 valence electrons. The van der Waals surface area contributed by atoms with Crippen molar-refractivity contribution in [3.63, 3.8) is 0 Å². The molecule has 0 aliphatic carbocycles. The third-order valence-electron chi connectivity index (χ3n) is 9.70. The summed E-state index contributed by atoms with van der Waals surface area (Å²) in [7, 11) is 0. The van der Waals surface area contributed by atoms with E-state index in [0.29, 0.717) is 5.84 Å². The lowest BCUT2D eigenvalue weighted by Crippen LogP contribution is -2.33. The van der Waals surface area contributed by atoms with Crippen LogP contribution in [0.1, 0.15) is 22.9 Å². The second-order valence-electron chi connectivity index (χ2n) is 12.6. The smallest absolute Gasteiger partial charge is 0.159 e. The number of hydrogen-bond donors (Lipinski definition) is 1. The Morgan fingerprint density at radius 2 is 1.14 bits per heavy atom. The number of aliphatic imine (C=N–C) groups is 2. The number of nitrogens with zero attached hydrogens (tertiary/aromatic N) is 2. The lowest BCUT2D eigenvalue weighted by atomic mass is 9.98. The van der Waals surface area contributed by atoms with E-state index in [2.05, 4.69) is 157 Å². The zero-order valence-electron chi connectivity index (χ0n) is 26.5. The molecule has 1 atom stereocenters. The van der Waals surface area contributed by atoms with Gasteiger partial charge in [0.1, 0.15) is 23.2 Å². The van der Waals surface area contributed by atoms with Crippen LogP contribution < -0.4 is 5.32 Å². The minimum absolute atomic E-state index is 0.401. The maximum absolute atomic E-state index is 6.43. The van der Waals surface area contributed by atoms with Crippen LogP contribution in [0.3, 0.4) is 0 Å². The van der Waals surface area contributed by atoms with Gasteiger partial charge in [0.05, 0.1) is 0 Å². The van der Waals surface area contributed by atoms with Gasteiger partial charge in [-0.1, -0.05) is 133 Å². The minimum Gasteiger partial charge on any atom is -0.456 e. The number of nitrogens with one attached hydrogen (secondary N) is 1. The molecule has 10 rings (SSSR count). The predicted molar refractivity (Wildman–Crippen MR) is 204 cm³/mol. The molecule has 0 saturated carbocycles. The van der Waals surface area contributed by atoms with Crippen LogP contribution in [-0.4, -0.2) is 11.7 Å². The molecule has 1 aliphatic heterocycles. The Morgan fingerprint density at radius 1 is 0.449 bits per heavy atom. The Balaban J connectivity index is 1.18. The van der Waals surface area contributed by atoms with E-state index in [1.807, 2.05) is 12.1 Å². The van der Waals surface area contributed by atoms with Gasteiger partial charge in [-0.15, -0.1) is 0 Å². The standard InChI is InChI=1S/C45H29N3O/c1-2-9-28(10-3-1)33-23-24-40-39(26-33)42-37(15-8-16-41(42)49-40)45-47-43(34-21-17-29-11-4-5-13-32(29)25-34)46-44(48-45)35-22-20-31-19-18-30-12-6-7-14-36(30)38(31)27-35/h1-27,45H,(H,46,47,48). The number of amidine groups is 2. The molecule has 0 radical (unpaired) electrons. The molecule has 1 aliphatic rings. The van der Waals surface area contributed by atoms with Gasteiger partial charge in [-0.3, -0.25) is 0 Å². The van der Waals surface area contributed by atoms with Gasteiger partial charge in [-0.25, -0.2) is 9.98 Å². The molecule has 2 heterocycles. The van der Waals surface area contributed by atoms with E-state index in [-0.39, 0.29) is 0 Å². The first-order chi connectivity index (χ1) is 24.2. The number of furan rings is 1. The Hall–Kier alpha value is -6.52. The van der Waals surface area contributed by atoms with Crippen molar-refractivity contribution < 1.29 is 4.42 Å². The molecular formula is C45H29N3O. The van der Waals surface area contributed by atoms with Gasteiger partial charge in [0.2, 0.25) is 0 Å². The van der Waals surface area contributed by atoms with Crippen molar-refractivity contribution in [2.75, 3.05) is 0 Å². The number of rotatable bonds is 4. The van der Waals surface area contributed by atoms with Crippen molar-refractivity contribution in [2.24, 2.45) is 9.98 Å². The average molecular weight is 628 g/mol. The topological polar surface area (TPSA) is 49.9 Å². The van der Waals surface area contributed by atoms with E-state index >= 15 is 0 Å². The van der Waals surface area contributed by atoms with Gasteiger partial charge < -0.3 is 9.73 Å². The second kappa shape index (κ2) is 11.0. The summed E-state index contributed by atoms with van der Waals surface area (Å²) >= 11 is 0. The van der Waals surface area contributed by atoms with E-state index in [1.54, 1.807) is 0 Å². The van der Waals surface area contributed by atoms with Crippen LogP contribution >= 0.6 is 0 Å². The van der Waals surface area contributed by atoms with Crippen molar-refractivity contribution in [2.45, 2.75) is 6.17 Å². The van der Waals surface area contributed by atoms with Crippen LogP contribution in [0.4, 0.5) is 0 Å². The van der Waals surface area contributed by atoms with Crippen LogP contribution in [0.25, 0.3) is 65.4 Å². The largest absolute Gasteiger partial charge is 0.456 e. The van der Waals surface area contributed by atoms with Gasteiger partial charge in [0.25, 0.3) is 0 Å². The van der Waals surface area contributed by atoms with Crippen LogP contribution in [-0.2, 0) is 0 Å². The highest BCUT2D eigenvalue weighted by Gasteiger charge is 2.25. The van der Waals surface area contributed by atoms with Gasteiger partial charge >= 0.3 is 0 Å². The van der Waals surface area contributed by atoms with Crippen molar-refractivity contribution >= 4 is 65.9 Å². The summed E-state index contributed by atoms with van der Waals surface area (Å²) in [6, 6.07) is 57.6. The van der Waals surface area contributed by atoms with Crippen LogP contribution in [0.5, 0.6) is 0 Å². The first-order valence-corrected chi connectivity index (χ1v) is 16.6. The number of benzene rings is 8. The molecule has 4 heteroatoms. The minimum atomic E-state index is -0.401. The van der Waals surface area contributed by atoms with E-state index in [0.717, 1.165) is 50.0 Å². The molecular weight excluding hydrogens is 599 g/mol. The normalized spacial score (nSPS) is 14.7. The SMILES string of the molecule is c1ccc(-c2ccc3oc4cccc(C5N=C(c6ccc7ccc8ccccc8c7c6)N=C(c6ccc7ccccc7c6)N5)c4c3c2)cc1. The van der Waals surface area contributed by atoms with Crippen molar-refractivity contribution in [3.05, 3.63) is 180 Å². The van der Waals surface area contributed by atoms with Crippen molar-refractivity contribution in [1.29, 1.82) is 0 Å². The molecule has 9 aromatic rings. The Kier molecular flexibility index (Phi) is 6.21. The summed E-state index contributed by atoms with van der Waals surface area (Å²) in [5.41, 5.74) is 7.03. The highest BCUT2D eigenvalue weighted by atomic mass is 16.3. The van der Waals surface area contributed by atoms with Gasteiger partial charge in [0, 0.05) is 27.5 Å². The molecule has 1 aromatic heterocycles. The summed E-state index contributed by atoms with van der Waals surface area (Å²) in [6.45, 7) is 0. The zero-order valence-corrected chi connectivity index (χ0v) is 26.5. The lowest BCUT2D eigenvalue weighted by molar-refractivity contribution is 0.662. The number of fused-ring (bicyclic) bond motifs is 7. The summed E-state index contributed by atoms with van der Waals surface area (Å²) < 4.78 is 6.43. The molecule has 49 heavy (non-hydrogen) atoms. The molecule has 0 fully saturated rings. The summed E-state index contributed by atoms with van der Waals surface area (Å²) in [6.07, 6.45) is -0.401. The summed E-state index contributed by atoms with van der Waals surface area (Å²) in [4.78, 5) is 10.5. The summed E-state index contributed by atoms with van der Waals surface area (Å²) in [5, 5.41) is 13.0. The molecule has 0 spiro atoms. The summed E-state index contributed by atoms with van der Waals surface area (Å²) in [5.74, 6) is 1.48. The highest BCUT2D eigenvalue weighted by molar-refractivity contribution is 6.17. The highest BCUT2D eigenvalue weighted by Crippen LogP contribution is 2.38. The van der Waals surface area contributed by atoms with Crippen LogP contribution in [0.2, 0.25) is 0 Å². The maximum Gasteiger partial charge on any atom is 0.159 e. The molecule has 4 nitrogen and oxygen atoms in total. The zero-order chi connectivity index (χ0) is 32.3. The lowest BCUT2D eigenvalue weighted by Gasteiger charge is -2.24. The average Bonchev–Trinajstić information content (AvgIpc) is 3.56. The second-order valence-corrected chi connectivity index (χ2v) is 12.6. The van der Waals surface area contributed by atoms with Gasteiger partial charge in [0.15, 0.2) is 5.84 Å². The monoisotopic (exact) mass is 627 g/mol. The first kappa shape index (κ1) is 27.6. The molecule has 0 amide bonds. The van der Waals surface area contributed by atoms with Gasteiger partial charge in [-0.05, 0) is 73.8 Å². The Morgan fingerprint density at radius 3 is 2.04 bits per heavy atom.